The number of alkyl halides is 3. The SMILES string of the molecule is I.NC(=NC1CCN(CC(F)(F)F)C1)N1CCN(c2ccc(F)cc2)CC1. The fourth-order valence-corrected chi connectivity index (χ4v) is 3.43. The van der Waals surface area contributed by atoms with Crippen LogP contribution in [0.4, 0.5) is 23.2 Å². The lowest BCUT2D eigenvalue weighted by molar-refractivity contribution is -0.143. The second kappa shape index (κ2) is 9.26. The molecule has 1 aromatic carbocycles. The van der Waals surface area contributed by atoms with Crippen molar-refractivity contribution in [3.63, 3.8) is 0 Å². The average molecular weight is 501 g/mol. The van der Waals surface area contributed by atoms with Gasteiger partial charge in [0.15, 0.2) is 5.96 Å². The molecule has 2 saturated heterocycles. The minimum absolute atomic E-state index is 0. The molecule has 2 N–H and O–H groups in total. The lowest BCUT2D eigenvalue weighted by atomic mass is 10.2. The van der Waals surface area contributed by atoms with Gasteiger partial charge in [-0.05, 0) is 30.7 Å². The number of hydrogen-bond acceptors (Lipinski definition) is 3. The van der Waals surface area contributed by atoms with Crippen molar-refractivity contribution >= 4 is 35.6 Å². The number of nitrogens with two attached hydrogens (primary N) is 1. The summed E-state index contributed by atoms with van der Waals surface area (Å²) in [7, 11) is 0. The number of halogens is 5. The molecule has 1 aromatic rings. The van der Waals surface area contributed by atoms with E-state index in [1.165, 1.54) is 17.0 Å². The second-order valence-corrected chi connectivity index (χ2v) is 6.73. The average Bonchev–Trinajstić information content (AvgIpc) is 3.00. The van der Waals surface area contributed by atoms with Gasteiger partial charge in [0.25, 0.3) is 0 Å². The van der Waals surface area contributed by atoms with Crippen molar-refractivity contribution in [1.29, 1.82) is 0 Å². The monoisotopic (exact) mass is 501 g/mol. The van der Waals surface area contributed by atoms with Crippen LogP contribution >= 0.6 is 24.0 Å². The minimum Gasteiger partial charge on any atom is -0.370 e. The number of rotatable bonds is 3. The third-order valence-corrected chi connectivity index (χ3v) is 4.76. The van der Waals surface area contributed by atoms with Gasteiger partial charge >= 0.3 is 6.18 Å². The van der Waals surface area contributed by atoms with Crippen LogP contribution in [-0.4, -0.2) is 73.8 Å². The smallest absolute Gasteiger partial charge is 0.370 e. The third kappa shape index (κ3) is 6.37. The van der Waals surface area contributed by atoms with Gasteiger partial charge in [-0.3, -0.25) is 4.90 Å². The van der Waals surface area contributed by atoms with Crippen molar-refractivity contribution < 1.29 is 17.6 Å². The molecule has 152 valence electrons. The molecule has 0 aromatic heterocycles. The Labute approximate surface area is 173 Å². The Morgan fingerprint density at radius 1 is 1.07 bits per heavy atom. The summed E-state index contributed by atoms with van der Waals surface area (Å²) < 4.78 is 50.4. The number of piperazine rings is 1. The van der Waals surface area contributed by atoms with E-state index >= 15 is 0 Å². The lowest BCUT2D eigenvalue weighted by Crippen LogP contribution is -2.51. The molecule has 1 atom stereocenters. The van der Waals surface area contributed by atoms with Gasteiger partial charge < -0.3 is 15.5 Å². The maximum atomic E-state index is 13.0. The van der Waals surface area contributed by atoms with Crippen LogP contribution in [0.15, 0.2) is 29.3 Å². The normalized spacial score (nSPS) is 22.1. The van der Waals surface area contributed by atoms with Gasteiger partial charge in [0, 0.05) is 45.0 Å². The highest BCUT2D eigenvalue weighted by Crippen LogP contribution is 2.21. The van der Waals surface area contributed by atoms with Crippen LogP contribution in [0.3, 0.4) is 0 Å². The Kier molecular flexibility index (Phi) is 7.55. The standard InChI is InChI=1S/C17H23F4N5.HI/c18-13-1-3-15(4-2-13)25-7-9-26(10-8-25)16(22)23-14-5-6-24(11-14)12-17(19,20)21;/h1-4,14H,5-12H2,(H2,22,23);1H. The molecule has 2 aliphatic rings. The van der Waals surface area contributed by atoms with Crippen LogP contribution in [0.2, 0.25) is 0 Å². The maximum absolute atomic E-state index is 13.0. The van der Waals surface area contributed by atoms with E-state index in [9.17, 15) is 17.6 Å². The first-order valence-corrected chi connectivity index (χ1v) is 8.68. The van der Waals surface area contributed by atoms with Gasteiger partial charge in [0.2, 0.25) is 0 Å². The minimum atomic E-state index is -4.18. The van der Waals surface area contributed by atoms with E-state index in [4.69, 9.17) is 5.73 Å². The van der Waals surface area contributed by atoms with Crippen molar-refractivity contribution in [1.82, 2.24) is 9.80 Å². The maximum Gasteiger partial charge on any atom is 0.401 e. The summed E-state index contributed by atoms with van der Waals surface area (Å²) >= 11 is 0. The zero-order valence-corrected chi connectivity index (χ0v) is 17.2. The highest BCUT2D eigenvalue weighted by atomic mass is 127. The van der Waals surface area contributed by atoms with E-state index in [1.807, 2.05) is 4.90 Å². The third-order valence-electron chi connectivity index (χ3n) is 4.76. The summed E-state index contributed by atoms with van der Waals surface area (Å²) in [5.74, 6) is 0.127. The quantitative estimate of drug-likeness (QED) is 0.300. The molecule has 2 aliphatic heterocycles. The Balaban J connectivity index is 0.00000261. The van der Waals surface area contributed by atoms with Gasteiger partial charge in [0.1, 0.15) is 5.82 Å². The molecule has 0 saturated carbocycles. The molecule has 5 nitrogen and oxygen atoms in total. The van der Waals surface area contributed by atoms with Crippen molar-refractivity contribution in [3.05, 3.63) is 30.1 Å². The van der Waals surface area contributed by atoms with Gasteiger partial charge in [-0.2, -0.15) is 13.2 Å². The van der Waals surface area contributed by atoms with Crippen LogP contribution in [0.1, 0.15) is 6.42 Å². The van der Waals surface area contributed by atoms with Gasteiger partial charge in [-0.1, -0.05) is 0 Å². The topological polar surface area (TPSA) is 48.1 Å². The van der Waals surface area contributed by atoms with Crippen LogP contribution in [0, 0.1) is 5.82 Å². The van der Waals surface area contributed by atoms with Gasteiger partial charge in [0.05, 0.1) is 12.6 Å². The first-order valence-electron chi connectivity index (χ1n) is 8.68. The highest BCUT2D eigenvalue weighted by molar-refractivity contribution is 14.0. The molecule has 0 spiro atoms. The number of guanidine groups is 1. The van der Waals surface area contributed by atoms with Crippen molar-refractivity contribution in [2.24, 2.45) is 10.7 Å². The number of aliphatic imine (C=N–C) groups is 1. The van der Waals surface area contributed by atoms with Crippen molar-refractivity contribution in [3.8, 4) is 0 Å². The van der Waals surface area contributed by atoms with E-state index in [0.717, 1.165) is 18.8 Å². The number of likely N-dealkylation sites (tertiary alicyclic amines) is 1. The molecule has 10 heteroatoms. The Morgan fingerprint density at radius 2 is 1.70 bits per heavy atom. The van der Waals surface area contributed by atoms with E-state index in [-0.39, 0.29) is 42.4 Å². The van der Waals surface area contributed by atoms with Crippen molar-refractivity contribution in [2.75, 3.05) is 50.7 Å². The molecule has 1 unspecified atom stereocenters. The number of benzene rings is 1. The molecule has 2 fully saturated rings. The van der Waals surface area contributed by atoms with Crippen LogP contribution in [0.25, 0.3) is 0 Å². The van der Waals surface area contributed by atoms with Gasteiger partial charge in [-0.25, -0.2) is 9.38 Å². The highest BCUT2D eigenvalue weighted by Gasteiger charge is 2.34. The Bertz CT molecular complexity index is 629. The van der Waals surface area contributed by atoms with Gasteiger partial charge in [-0.15, -0.1) is 24.0 Å². The Hall–Kier alpha value is -1.30. The summed E-state index contributed by atoms with van der Waals surface area (Å²) in [6, 6.07) is 6.17. The summed E-state index contributed by atoms with van der Waals surface area (Å²) in [6.45, 7) is 2.58. The largest absolute Gasteiger partial charge is 0.401 e. The molecule has 3 rings (SSSR count). The summed E-state index contributed by atoms with van der Waals surface area (Å²) in [6.07, 6.45) is -3.59. The van der Waals surface area contributed by atoms with E-state index in [2.05, 4.69) is 9.89 Å². The zero-order chi connectivity index (χ0) is 18.7. The Morgan fingerprint density at radius 3 is 2.30 bits per heavy atom. The number of nitrogens with zero attached hydrogens (tertiary/aromatic N) is 4. The molecule has 0 bridgehead atoms. The van der Waals surface area contributed by atoms with Crippen LogP contribution in [-0.2, 0) is 0 Å². The summed E-state index contributed by atoms with van der Waals surface area (Å²) in [5, 5.41) is 0. The first kappa shape index (κ1) is 22.0. The van der Waals surface area contributed by atoms with Crippen molar-refractivity contribution in [2.45, 2.75) is 18.6 Å². The summed E-state index contributed by atoms with van der Waals surface area (Å²) in [4.78, 5) is 9.90. The molecule has 0 amide bonds. The fraction of sp³-hybridized carbons (Fsp3) is 0.588. The molecule has 0 aliphatic carbocycles. The molecular formula is C17H24F4IN5. The molecule has 0 radical (unpaired) electrons. The number of anilines is 1. The molecular weight excluding hydrogens is 477 g/mol. The predicted molar refractivity (Wildman–Crippen MR) is 108 cm³/mol. The van der Waals surface area contributed by atoms with E-state index in [0.29, 0.717) is 32.0 Å². The second-order valence-electron chi connectivity index (χ2n) is 6.73. The van der Waals surface area contributed by atoms with Crippen LogP contribution in [0.5, 0.6) is 0 Å². The summed E-state index contributed by atoms with van der Waals surface area (Å²) in [5.41, 5.74) is 7.03. The fourth-order valence-electron chi connectivity index (χ4n) is 3.43. The van der Waals surface area contributed by atoms with E-state index in [1.54, 1.807) is 12.1 Å². The molecule has 2 heterocycles. The first-order chi connectivity index (χ1) is 12.3. The lowest BCUT2D eigenvalue weighted by Gasteiger charge is -2.36. The zero-order valence-electron chi connectivity index (χ0n) is 14.8. The molecule has 27 heavy (non-hydrogen) atoms. The van der Waals surface area contributed by atoms with E-state index < -0.39 is 12.7 Å². The van der Waals surface area contributed by atoms with Crippen LogP contribution < -0.4 is 10.6 Å². The number of hydrogen-bond donors (Lipinski definition) is 1. The predicted octanol–water partition coefficient (Wildman–Crippen LogP) is 2.52.